The monoisotopic (exact) mass is 278 g/mol. The minimum atomic E-state index is 0.377. The Bertz CT molecular complexity index is 615. The van der Waals surface area contributed by atoms with Crippen molar-refractivity contribution in [1.82, 2.24) is 14.6 Å². The van der Waals surface area contributed by atoms with Crippen LogP contribution < -0.4 is 5.32 Å². The van der Waals surface area contributed by atoms with Crippen molar-refractivity contribution in [3.63, 3.8) is 0 Å². The molecule has 3 rings (SSSR count). The number of halogens is 1. The highest BCUT2D eigenvalue weighted by atomic mass is 35.5. The Hall–Kier alpha value is -1.29. The molecule has 0 aromatic carbocycles. The van der Waals surface area contributed by atoms with Gasteiger partial charge in [0, 0.05) is 12.7 Å². The molecule has 102 valence electrons. The SMILES string of the molecule is CC1(C)C(CNc2nc3ccc(Cl)cn3n2)C1(C)C. The third kappa shape index (κ3) is 1.89. The van der Waals surface area contributed by atoms with Crippen molar-refractivity contribution in [1.29, 1.82) is 0 Å². The lowest BCUT2D eigenvalue weighted by molar-refractivity contribution is 0.457. The van der Waals surface area contributed by atoms with Gasteiger partial charge in [-0.2, -0.15) is 4.98 Å². The lowest BCUT2D eigenvalue weighted by Gasteiger charge is -2.04. The van der Waals surface area contributed by atoms with Gasteiger partial charge in [-0.1, -0.05) is 39.3 Å². The van der Waals surface area contributed by atoms with Crippen molar-refractivity contribution in [2.24, 2.45) is 16.7 Å². The number of rotatable bonds is 3. The molecule has 4 nitrogen and oxygen atoms in total. The van der Waals surface area contributed by atoms with Crippen LogP contribution in [0.2, 0.25) is 5.02 Å². The van der Waals surface area contributed by atoms with Gasteiger partial charge in [-0.3, -0.25) is 0 Å². The number of fused-ring (bicyclic) bond motifs is 1. The predicted octanol–water partition coefficient (Wildman–Crippen LogP) is 3.48. The minimum absolute atomic E-state index is 0.377. The van der Waals surface area contributed by atoms with Gasteiger partial charge in [0.2, 0.25) is 5.95 Å². The highest BCUT2D eigenvalue weighted by Crippen LogP contribution is 2.68. The normalized spacial score (nSPS) is 20.7. The lowest BCUT2D eigenvalue weighted by Crippen LogP contribution is -2.09. The Labute approximate surface area is 118 Å². The zero-order valence-electron chi connectivity index (χ0n) is 11.7. The Morgan fingerprint density at radius 3 is 2.58 bits per heavy atom. The van der Waals surface area contributed by atoms with E-state index in [4.69, 9.17) is 11.6 Å². The summed E-state index contributed by atoms with van der Waals surface area (Å²) in [5.41, 5.74) is 1.56. The number of pyridine rings is 1. The van der Waals surface area contributed by atoms with Crippen molar-refractivity contribution >= 4 is 23.2 Å². The van der Waals surface area contributed by atoms with E-state index in [1.165, 1.54) is 0 Å². The lowest BCUT2D eigenvalue weighted by atomic mass is 10.0. The quantitative estimate of drug-likeness (QED) is 0.935. The van der Waals surface area contributed by atoms with E-state index in [9.17, 15) is 0 Å². The molecule has 1 N–H and O–H groups in total. The summed E-state index contributed by atoms with van der Waals surface area (Å²) in [6, 6.07) is 3.69. The van der Waals surface area contributed by atoms with Crippen molar-refractivity contribution < 1.29 is 0 Å². The van der Waals surface area contributed by atoms with Gasteiger partial charge in [0.25, 0.3) is 0 Å². The summed E-state index contributed by atoms with van der Waals surface area (Å²) in [5.74, 6) is 1.32. The average molecular weight is 279 g/mol. The minimum Gasteiger partial charge on any atom is -0.353 e. The summed E-state index contributed by atoms with van der Waals surface area (Å²) >= 11 is 5.93. The molecule has 0 saturated heterocycles. The first kappa shape index (κ1) is 12.7. The highest BCUT2D eigenvalue weighted by Gasteiger charge is 2.64. The fourth-order valence-corrected chi connectivity index (χ4v) is 3.13. The van der Waals surface area contributed by atoms with Crippen LogP contribution in [0.5, 0.6) is 0 Å². The van der Waals surface area contributed by atoms with Crippen LogP contribution in [0, 0.1) is 16.7 Å². The van der Waals surface area contributed by atoms with Gasteiger partial charge in [0.05, 0.1) is 5.02 Å². The van der Waals surface area contributed by atoms with E-state index in [1.807, 2.05) is 12.1 Å². The first-order valence-electron chi connectivity index (χ1n) is 6.58. The molecule has 1 fully saturated rings. The van der Waals surface area contributed by atoms with E-state index in [-0.39, 0.29) is 0 Å². The molecule has 0 spiro atoms. The molecule has 0 aliphatic heterocycles. The van der Waals surface area contributed by atoms with Crippen LogP contribution in [-0.4, -0.2) is 21.1 Å². The van der Waals surface area contributed by atoms with Crippen LogP contribution >= 0.6 is 11.6 Å². The molecule has 2 heterocycles. The first-order valence-corrected chi connectivity index (χ1v) is 6.96. The molecule has 5 heteroatoms. The summed E-state index contributed by atoms with van der Waals surface area (Å²) < 4.78 is 1.70. The Kier molecular flexibility index (Phi) is 2.58. The smallest absolute Gasteiger partial charge is 0.243 e. The fourth-order valence-electron chi connectivity index (χ4n) is 2.97. The van der Waals surface area contributed by atoms with Gasteiger partial charge >= 0.3 is 0 Å². The second-order valence-corrected chi connectivity index (χ2v) is 6.90. The summed E-state index contributed by atoms with van der Waals surface area (Å²) in [5, 5.41) is 8.38. The fraction of sp³-hybridized carbons (Fsp3) is 0.571. The number of nitrogens with zero attached hydrogens (tertiary/aromatic N) is 3. The van der Waals surface area contributed by atoms with E-state index in [1.54, 1.807) is 10.7 Å². The molecule has 2 aromatic rings. The Morgan fingerprint density at radius 2 is 1.95 bits per heavy atom. The molecule has 19 heavy (non-hydrogen) atoms. The van der Waals surface area contributed by atoms with Gasteiger partial charge in [-0.05, 0) is 28.9 Å². The summed E-state index contributed by atoms with van der Waals surface area (Å²) in [6.07, 6.45) is 1.76. The standard InChI is InChI=1S/C14H19ClN4/c1-13(2)10(14(13,3)4)7-16-12-17-11-6-5-9(15)8-19(11)18-12/h5-6,8,10H,7H2,1-4H3,(H,16,18). The zero-order chi connectivity index (χ0) is 13.8. The van der Waals surface area contributed by atoms with Gasteiger partial charge in [0.15, 0.2) is 5.65 Å². The summed E-state index contributed by atoms with van der Waals surface area (Å²) in [6.45, 7) is 10.2. The van der Waals surface area contributed by atoms with Crippen LogP contribution in [0.3, 0.4) is 0 Å². The van der Waals surface area contributed by atoms with E-state index in [2.05, 4.69) is 43.1 Å². The van der Waals surface area contributed by atoms with Crippen LogP contribution in [-0.2, 0) is 0 Å². The molecule has 2 aromatic heterocycles. The molecule has 0 radical (unpaired) electrons. The maximum atomic E-state index is 5.93. The third-order valence-corrected chi connectivity index (χ3v) is 5.30. The molecule has 0 atom stereocenters. The summed E-state index contributed by atoms with van der Waals surface area (Å²) in [4.78, 5) is 4.43. The number of nitrogens with one attached hydrogen (secondary N) is 1. The van der Waals surface area contributed by atoms with E-state index >= 15 is 0 Å². The third-order valence-electron chi connectivity index (χ3n) is 5.08. The van der Waals surface area contributed by atoms with Crippen LogP contribution in [0.15, 0.2) is 18.3 Å². The highest BCUT2D eigenvalue weighted by molar-refractivity contribution is 6.30. The van der Waals surface area contributed by atoms with Crippen LogP contribution in [0.1, 0.15) is 27.7 Å². The van der Waals surface area contributed by atoms with E-state index in [0.29, 0.717) is 27.7 Å². The molecule has 1 aliphatic carbocycles. The van der Waals surface area contributed by atoms with Gasteiger partial charge in [-0.25, -0.2) is 4.52 Å². The second-order valence-electron chi connectivity index (χ2n) is 6.46. The average Bonchev–Trinajstić information content (AvgIpc) is 2.63. The predicted molar refractivity (Wildman–Crippen MR) is 77.5 cm³/mol. The molecule has 0 bridgehead atoms. The summed E-state index contributed by atoms with van der Waals surface area (Å²) in [7, 11) is 0. The second kappa shape index (κ2) is 3.85. The van der Waals surface area contributed by atoms with E-state index < -0.39 is 0 Å². The number of hydrogen-bond donors (Lipinski definition) is 1. The maximum absolute atomic E-state index is 5.93. The zero-order valence-corrected chi connectivity index (χ0v) is 12.5. The topological polar surface area (TPSA) is 42.2 Å². The van der Waals surface area contributed by atoms with Crippen LogP contribution in [0.25, 0.3) is 5.65 Å². The van der Waals surface area contributed by atoms with Gasteiger partial charge in [0.1, 0.15) is 0 Å². The molecule has 0 amide bonds. The number of aromatic nitrogens is 3. The van der Waals surface area contributed by atoms with Crippen molar-refractivity contribution in [2.45, 2.75) is 27.7 Å². The van der Waals surface area contributed by atoms with Crippen molar-refractivity contribution in [3.05, 3.63) is 23.4 Å². The maximum Gasteiger partial charge on any atom is 0.243 e. The van der Waals surface area contributed by atoms with Crippen LogP contribution in [0.4, 0.5) is 5.95 Å². The van der Waals surface area contributed by atoms with E-state index in [0.717, 1.165) is 12.2 Å². The number of hydrogen-bond acceptors (Lipinski definition) is 3. The van der Waals surface area contributed by atoms with Crippen molar-refractivity contribution in [3.8, 4) is 0 Å². The molecular weight excluding hydrogens is 260 g/mol. The molecule has 1 aliphatic rings. The first-order chi connectivity index (χ1) is 8.82. The van der Waals surface area contributed by atoms with Gasteiger partial charge in [-0.15, -0.1) is 5.10 Å². The van der Waals surface area contributed by atoms with Crippen molar-refractivity contribution in [2.75, 3.05) is 11.9 Å². The Balaban J connectivity index is 1.73. The Morgan fingerprint density at radius 1 is 1.26 bits per heavy atom. The molecule has 1 saturated carbocycles. The largest absolute Gasteiger partial charge is 0.353 e. The van der Waals surface area contributed by atoms with Gasteiger partial charge < -0.3 is 5.32 Å². The molecular formula is C14H19ClN4. The molecule has 0 unspecified atom stereocenters. The number of anilines is 1.